The van der Waals surface area contributed by atoms with Crippen LogP contribution in [0.1, 0.15) is 25.3 Å². The first-order valence-electron chi connectivity index (χ1n) is 8.35. The first-order valence-corrected chi connectivity index (χ1v) is 9.17. The number of carbonyl (C=O) groups is 3. The van der Waals surface area contributed by atoms with Crippen LogP contribution in [-0.4, -0.2) is 41.7 Å². The van der Waals surface area contributed by atoms with Gasteiger partial charge in [0.05, 0.1) is 24.5 Å². The smallest absolute Gasteiger partial charge is 0.310 e. The number of amides is 2. The quantitative estimate of drug-likeness (QED) is 0.494. The molecule has 0 saturated carbocycles. The SMILES string of the molecule is CCOC(=O)C1CCCN(C(=O)SNC(=O)/C=C/c2ccc(F)cc2)C1. The Labute approximate surface area is 155 Å². The summed E-state index contributed by atoms with van der Waals surface area (Å²) in [5, 5.41) is -0.317. The molecule has 0 radical (unpaired) electrons. The van der Waals surface area contributed by atoms with Crippen molar-refractivity contribution >= 4 is 35.1 Å². The van der Waals surface area contributed by atoms with Gasteiger partial charge >= 0.3 is 11.2 Å². The summed E-state index contributed by atoms with van der Waals surface area (Å²) in [5.41, 5.74) is 0.672. The number of ether oxygens (including phenoxy) is 1. The highest BCUT2D eigenvalue weighted by molar-refractivity contribution is 8.12. The van der Waals surface area contributed by atoms with Crippen molar-refractivity contribution in [3.63, 3.8) is 0 Å². The third-order valence-corrected chi connectivity index (χ3v) is 4.57. The Morgan fingerprint density at radius 3 is 2.77 bits per heavy atom. The first-order chi connectivity index (χ1) is 12.5. The Morgan fingerprint density at radius 2 is 2.08 bits per heavy atom. The van der Waals surface area contributed by atoms with Gasteiger partial charge in [-0.2, -0.15) is 0 Å². The van der Waals surface area contributed by atoms with E-state index in [1.807, 2.05) is 0 Å². The van der Waals surface area contributed by atoms with E-state index in [0.717, 1.165) is 0 Å². The molecule has 1 aliphatic rings. The summed E-state index contributed by atoms with van der Waals surface area (Å²) in [7, 11) is 0. The fourth-order valence-corrected chi connectivity index (χ4v) is 3.08. The van der Waals surface area contributed by atoms with Gasteiger partial charge in [-0.05, 0) is 43.5 Å². The highest BCUT2D eigenvalue weighted by Crippen LogP contribution is 2.20. The molecule has 1 unspecified atom stereocenters. The van der Waals surface area contributed by atoms with Crippen LogP contribution in [-0.2, 0) is 14.3 Å². The Morgan fingerprint density at radius 1 is 1.35 bits per heavy atom. The largest absolute Gasteiger partial charge is 0.466 e. The number of piperidine rings is 1. The topological polar surface area (TPSA) is 75.7 Å². The number of benzene rings is 1. The molecule has 26 heavy (non-hydrogen) atoms. The van der Waals surface area contributed by atoms with Crippen molar-refractivity contribution in [2.75, 3.05) is 19.7 Å². The molecule has 0 spiro atoms. The molecule has 2 rings (SSSR count). The fourth-order valence-electron chi connectivity index (χ4n) is 2.53. The van der Waals surface area contributed by atoms with E-state index in [0.29, 0.717) is 50.0 Å². The third-order valence-electron chi connectivity index (χ3n) is 3.84. The van der Waals surface area contributed by atoms with Crippen LogP contribution >= 0.6 is 11.9 Å². The number of nitrogens with one attached hydrogen (secondary N) is 1. The second-order valence-corrected chi connectivity index (χ2v) is 6.51. The summed E-state index contributed by atoms with van der Waals surface area (Å²) >= 11 is 0.680. The molecule has 1 fully saturated rings. The van der Waals surface area contributed by atoms with E-state index in [1.165, 1.54) is 24.3 Å². The summed E-state index contributed by atoms with van der Waals surface area (Å²) in [6.07, 6.45) is 4.21. The molecule has 1 heterocycles. The number of esters is 1. The Balaban J connectivity index is 1.79. The van der Waals surface area contributed by atoms with Gasteiger partial charge in [0.15, 0.2) is 0 Å². The minimum atomic E-state index is -0.452. The van der Waals surface area contributed by atoms with E-state index in [4.69, 9.17) is 4.74 Å². The second kappa shape index (κ2) is 9.96. The summed E-state index contributed by atoms with van der Waals surface area (Å²) in [6.45, 7) is 2.90. The normalized spacial score (nSPS) is 17.2. The van der Waals surface area contributed by atoms with Crippen molar-refractivity contribution in [2.45, 2.75) is 19.8 Å². The number of nitrogens with zero attached hydrogens (tertiary/aromatic N) is 1. The maximum atomic E-state index is 12.8. The number of carbonyl (C=O) groups excluding carboxylic acids is 3. The highest BCUT2D eigenvalue weighted by Gasteiger charge is 2.29. The van der Waals surface area contributed by atoms with E-state index < -0.39 is 5.91 Å². The molecule has 2 amide bonds. The zero-order valence-electron chi connectivity index (χ0n) is 14.4. The predicted molar refractivity (Wildman–Crippen MR) is 97.5 cm³/mol. The van der Waals surface area contributed by atoms with Gasteiger partial charge in [0, 0.05) is 19.2 Å². The molecule has 1 aliphatic heterocycles. The number of halogens is 1. The predicted octanol–water partition coefficient (Wildman–Crippen LogP) is 3.00. The molecule has 1 saturated heterocycles. The third kappa shape index (κ3) is 6.18. The van der Waals surface area contributed by atoms with Crippen LogP contribution in [0.3, 0.4) is 0 Å². The molecule has 1 aromatic rings. The van der Waals surface area contributed by atoms with Crippen molar-refractivity contribution < 1.29 is 23.5 Å². The summed E-state index contributed by atoms with van der Waals surface area (Å²) in [6, 6.07) is 5.68. The highest BCUT2D eigenvalue weighted by atomic mass is 32.2. The van der Waals surface area contributed by atoms with Gasteiger partial charge in [-0.3, -0.25) is 19.1 Å². The van der Waals surface area contributed by atoms with Gasteiger partial charge in [0.25, 0.3) is 5.91 Å². The van der Waals surface area contributed by atoms with Crippen molar-refractivity contribution in [3.8, 4) is 0 Å². The summed E-state index contributed by atoms with van der Waals surface area (Å²) in [4.78, 5) is 37.3. The van der Waals surface area contributed by atoms with Gasteiger partial charge in [-0.1, -0.05) is 12.1 Å². The van der Waals surface area contributed by atoms with E-state index in [2.05, 4.69) is 4.72 Å². The molecule has 0 aromatic heterocycles. The van der Waals surface area contributed by atoms with E-state index in [1.54, 1.807) is 24.0 Å². The van der Waals surface area contributed by atoms with Crippen LogP contribution in [0.25, 0.3) is 6.08 Å². The molecule has 1 N–H and O–H groups in total. The standard InChI is InChI=1S/C18H21FN2O4S/c1-2-25-17(23)14-4-3-11-21(12-14)18(24)26-20-16(22)10-7-13-5-8-15(19)9-6-13/h5-10,14H,2-4,11-12H2,1H3,(H,20,22)/b10-7+. The number of likely N-dealkylation sites (tertiary alicyclic amines) is 1. The van der Waals surface area contributed by atoms with Gasteiger partial charge in [-0.15, -0.1) is 0 Å². The Kier molecular flexibility index (Phi) is 7.65. The lowest BCUT2D eigenvalue weighted by atomic mass is 9.99. The van der Waals surface area contributed by atoms with Crippen molar-refractivity contribution in [2.24, 2.45) is 5.92 Å². The lowest BCUT2D eigenvalue weighted by Gasteiger charge is -2.30. The zero-order valence-corrected chi connectivity index (χ0v) is 15.3. The first kappa shape index (κ1) is 20.0. The number of hydrogen-bond acceptors (Lipinski definition) is 5. The van der Waals surface area contributed by atoms with Crippen molar-refractivity contribution in [3.05, 3.63) is 41.7 Å². The Bertz CT molecular complexity index is 678. The number of hydrogen-bond donors (Lipinski definition) is 1. The van der Waals surface area contributed by atoms with E-state index in [-0.39, 0.29) is 22.9 Å². The average Bonchev–Trinajstić information content (AvgIpc) is 2.66. The summed E-state index contributed by atoms with van der Waals surface area (Å²) < 4.78 is 20.3. The van der Waals surface area contributed by atoms with Crippen LogP contribution in [0.2, 0.25) is 0 Å². The van der Waals surface area contributed by atoms with Gasteiger partial charge < -0.3 is 9.64 Å². The molecule has 140 valence electrons. The van der Waals surface area contributed by atoms with Crippen molar-refractivity contribution in [1.29, 1.82) is 0 Å². The van der Waals surface area contributed by atoms with E-state index in [9.17, 15) is 18.8 Å². The van der Waals surface area contributed by atoms with Gasteiger partial charge in [-0.25, -0.2) is 4.39 Å². The average molecular weight is 380 g/mol. The minimum Gasteiger partial charge on any atom is -0.466 e. The van der Waals surface area contributed by atoms with E-state index >= 15 is 0 Å². The minimum absolute atomic E-state index is 0.290. The second-order valence-electron chi connectivity index (χ2n) is 5.76. The summed E-state index contributed by atoms with van der Waals surface area (Å²) in [5.74, 6) is -1.41. The lowest BCUT2D eigenvalue weighted by Crippen LogP contribution is -2.42. The Hall–Kier alpha value is -2.35. The monoisotopic (exact) mass is 380 g/mol. The molecule has 8 heteroatoms. The molecular formula is C18H21FN2O4S. The van der Waals surface area contributed by atoms with Gasteiger partial charge in [0.2, 0.25) is 0 Å². The van der Waals surface area contributed by atoms with Crippen LogP contribution < -0.4 is 4.72 Å². The fraction of sp³-hybridized carbons (Fsp3) is 0.389. The molecular weight excluding hydrogens is 359 g/mol. The lowest BCUT2D eigenvalue weighted by molar-refractivity contribution is -0.149. The molecule has 0 aliphatic carbocycles. The van der Waals surface area contributed by atoms with Crippen molar-refractivity contribution in [1.82, 2.24) is 9.62 Å². The maximum Gasteiger partial charge on any atom is 0.310 e. The van der Waals surface area contributed by atoms with Gasteiger partial charge in [0.1, 0.15) is 5.82 Å². The van der Waals surface area contributed by atoms with Crippen LogP contribution in [0, 0.1) is 11.7 Å². The van der Waals surface area contributed by atoms with Crippen LogP contribution in [0.5, 0.6) is 0 Å². The van der Waals surface area contributed by atoms with Crippen LogP contribution in [0.15, 0.2) is 30.3 Å². The molecule has 1 aromatic carbocycles. The van der Waals surface area contributed by atoms with Crippen LogP contribution in [0.4, 0.5) is 9.18 Å². The molecule has 6 nitrogen and oxygen atoms in total. The maximum absolute atomic E-state index is 12.8. The number of rotatable bonds is 4. The molecule has 1 atom stereocenters. The molecule has 0 bridgehead atoms. The zero-order chi connectivity index (χ0) is 18.9.